The van der Waals surface area contributed by atoms with Crippen LogP contribution in [-0.2, 0) is 4.74 Å². The molecular formula is C12H25NO. The maximum atomic E-state index is 5.53. The molecular weight excluding hydrogens is 174 g/mol. The zero-order chi connectivity index (χ0) is 10.4. The van der Waals surface area contributed by atoms with Gasteiger partial charge in [0.05, 0.1) is 0 Å². The van der Waals surface area contributed by atoms with E-state index in [1.54, 1.807) is 0 Å². The molecule has 0 aliphatic carbocycles. The number of hydrogen-bond donors (Lipinski definition) is 0. The number of rotatable bonds is 3. The van der Waals surface area contributed by atoms with Crippen LogP contribution in [0.4, 0.5) is 0 Å². The van der Waals surface area contributed by atoms with E-state index in [0.29, 0.717) is 6.04 Å². The van der Waals surface area contributed by atoms with Crippen molar-refractivity contribution in [3.63, 3.8) is 0 Å². The van der Waals surface area contributed by atoms with Gasteiger partial charge in [0.25, 0.3) is 0 Å². The topological polar surface area (TPSA) is 12.5 Å². The van der Waals surface area contributed by atoms with Crippen molar-refractivity contribution >= 4 is 0 Å². The lowest BCUT2D eigenvalue weighted by Gasteiger charge is -2.28. The SMILES string of the molecule is CC(C)N(C)CC1CCCCOCC1. The van der Waals surface area contributed by atoms with E-state index in [-0.39, 0.29) is 0 Å². The minimum absolute atomic E-state index is 0.668. The maximum Gasteiger partial charge on any atom is 0.0469 e. The van der Waals surface area contributed by atoms with Crippen LogP contribution in [-0.4, -0.2) is 37.7 Å². The highest BCUT2D eigenvalue weighted by atomic mass is 16.5. The monoisotopic (exact) mass is 199 g/mol. The molecule has 0 bridgehead atoms. The molecule has 1 heterocycles. The second-order valence-electron chi connectivity index (χ2n) is 4.80. The van der Waals surface area contributed by atoms with Gasteiger partial charge in [-0.3, -0.25) is 0 Å². The quantitative estimate of drug-likeness (QED) is 0.692. The van der Waals surface area contributed by atoms with E-state index in [0.717, 1.165) is 19.1 Å². The minimum atomic E-state index is 0.668. The lowest BCUT2D eigenvalue weighted by Crippen LogP contribution is -2.32. The molecule has 2 heteroatoms. The van der Waals surface area contributed by atoms with Gasteiger partial charge in [-0.05, 0) is 46.1 Å². The molecule has 0 radical (unpaired) electrons. The van der Waals surface area contributed by atoms with Gasteiger partial charge >= 0.3 is 0 Å². The predicted octanol–water partition coefficient (Wildman–Crippen LogP) is 2.53. The van der Waals surface area contributed by atoms with Crippen LogP contribution in [0.1, 0.15) is 39.5 Å². The van der Waals surface area contributed by atoms with Gasteiger partial charge in [0.2, 0.25) is 0 Å². The average molecular weight is 199 g/mol. The Hall–Kier alpha value is -0.0800. The molecule has 1 unspecified atom stereocenters. The predicted molar refractivity (Wildman–Crippen MR) is 60.5 cm³/mol. The summed E-state index contributed by atoms with van der Waals surface area (Å²) in [6.07, 6.45) is 5.23. The lowest BCUT2D eigenvalue weighted by molar-refractivity contribution is 0.0889. The molecule has 1 saturated heterocycles. The zero-order valence-electron chi connectivity index (χ0n) is 9.96. The largest absolute Gasteiger partial charge is 0.381 e. The summed E-state index contributed by atoms with van der Waals surface area (Å²) >= 11 is 0. The Balaban J connectivity index is 2.26. The smallest absolute Gasteiger partial charge is 0.0469 e. The first-order valence-electron chi connectivity index (χ1n) is 5.98. The fourth-order valence-electron chi connectivity index (χ4n) is 1.93. The minimum Gasteiger partial charge on any atom is -0.381 e. The molecule has 2 nitrogen and oxygen atoms in total. The van der Waals surface area contributed by atoms with Crippen molar-refractivity contribution in [2.45, 2.75) is 45.6 Å². The van der Waals surface area contributed by atoms with Crippen LogP contribution in [0.5, 0.6) is 0 Å². The van der Waals surface area contributed by atoms with Crippen LogP contribution in [0.2, 0.25) is 0 Å². The summed E-state index contributed by atoms with van der Waals surface area (Å²) in [6, 6.07) is 0.668. The van der Waals surface area contributed by atoms with E-state index in [4.69, 9.17) is 4.74 Å². The molecule has 0 spiro atoms. The fraction of sp³-hybridized carbons (Fsp3) is 1.00. The lowest BCUT2D eigenvalue weighted by atomic mass is 9.97. The number of hydrogen-bond acceptors (Lipinski definition) is 2. The molecule has 0 N–H and O–H groups in total. The second-order valence-corrected chi connectivity index (χ2v) is 4.80. The Labute approximate surface area is 88.6 Å². The molecule has 1 atom stereocenters. The van der Waals surface area contributed by atoms with Crippen molar-refractivity contribution in [3.8, 4) is 0 Å². The average Bonchev–Trinajstić information content (AvgIpc) is 2.08. The van der Waals surface area contributed by atoms with E-state index in [1.165, 1.54) is 32.2 Å². The maximum absolute atomic E-state index is 5.53. The molecule has 0 aromatic heterocycles. The standard InChI is InChI=1S/C12H25NO/c1-11(2)13(3)10-12-6-4-5-8-14-9-7-12/h11-12H,4-10H2,1-3H3. The number of ether oxygens (including phenoxy) is 1. The zero-order valence-corrected chi connectivity index (χ0v) is 9.96. The Kier molecular flexibility index (Phi) is 5.49. The van der Waals surface area contributed by atoms with E-state index >= 15 is 0 Å². The second kappa shape index (κ2) is 6.41. The van der Waals surface area contributed by atoms with Crippen LogP contribution in [0.3, 0.4) is 0 Å². The van der Waals surface area contributed by atoms with Crippen molar-refractivity contribution in [2.24, 2.45) is 5.92 Å². The Morgan fingerprint density at radius 1 is 1.21 bits per heavy atom. The summed E-state index contributed by atoms with van der Waals surface area (Å²) in [5.74, 6) is 0.850. The van der Waals surface area contributed by atoms with Crippen LogP contribution in [0.15, 0.2) is 0 Å². The molecule has 14 heavy (non-hydrogen) atoms. The third kappa shape index (κ3) is 4.43. The highest BCUT2D eigenvalue weighted by Gasteiger charge is 2.14. The van der Waals surface area contributed by atoms with Gasteiger partial charge in [0.15, 0.2) is 0 Å². The van der Waals surface area contributed by atoms with Crippen LogP contribution >= 0.6 is 0 Å². The van der Waals surface area contributed by atoms with Crippen molar-refractivity contribution in [3.05, 3.63) is 0 Å². The first-order chi connectivity index (χ1) is 6.70. The van der Waals surface area contributed by atoms with Gasteiger partial charge in [-0.1, -0.05) is 6.42 Å². The third-order valence-corrected chi connectivity index (χ3v) is 3.25. The highest BCUT2D eigenvalue weighted by Crippen LogP contribution is 2.17. The van der Waals surface area contributed by atoms with Gasteiger partial charge in [-0.25, -0.2) is 0 Å². The Morgan fingerprint density at radius 2 is 2.00 bits per heavy atom. The van der Waals surface area contributed by atoms with Gasteiger partial charge < -0.3 is 9.64 Å². The van der Waals surface area contributed by atoms with E-state index < -0.39 is 0 Å². The third-order valence-electron chi connectivity index (χ3n) is 3.25. The molecule has 1 fully saturated rings. The van der Waals surface area contributed by atoms with Crippen molar-refractivity contribution in [2.75, 3.05) is 26.8 Å². The first-order valence-corrected chi connectivity index (χ1v) is 5.98. The Morgan fingerprint density at radius 3 is 2.71 bits per heavy atom. The molecule has 84 valence electrons. The molecule has 0 saturated carbocycles. The van der Waals surface area contributed by atoms with E-state index in [2.05, 4.69) is 25.8 Å². The highest BCUT2D eigenvalue weighted by molar-refractivity contribution is 4.67. The van der Waals surface area contributed by atoms with Gasteiger partial charge in [-0.15, -0.1) is 0 Å². The number of nitrogens with zero attached hydrogens (tertiary/aromatic N) is 1. The van der Waals surface area contributed by atoms with Gasteiger partial charge in [-0.2, -0.15) is 0 Å². The van der Waals surface area contributed by atoms with Crippen LogP contribution < -0.4 is 0 Å². The fourth-order valence-corrected chi connectivity index (χ4v) is 1.93. The molecule has 0 amide bonds. The summed E-state index contributed by atoms with van der Waals surface area (Å²) in [5.41, 5.74) is 0. The van der Waals surface area contributed by atoms with Crippen molar-refractivity contribution in [1.29, 1.82) is 0 Å². The van der Waals surface area contributed by atoms with Gasteiger partial charge in [0.1, 0.15) is 0 Å². The van der Waals surface area contributed by atoms with Crippen molar-refractivity contribution in [1.82, 2.24) is 4.90 Å². The summed E-state index contributed by atoms with van der Waals surface area (Å²) in [4.78, 5) is 2.45. The van der Waals surface area contributed by atoms with E-state index in [9.17, 15) is 0 Å². The summed E-state index contributed by atoms with van der Waals surface area (Å²) in [5, 5.41) is 0. The van der Waals surface area contributed by atoms with E-state index in [1.807, 2.05) is 0 Å². The van der Waals surface area contributed by atoms with Crippen LogP contribution in [0.25, 0.3) is 0 Å². The summed E-state index contributed by atoms with van der Waals surface area (Å²) < 4.78 is 5.53. The first kappa shape index (κ1) is 12.0. The molecule has 1 aliphatic heterocycles. The summed E-state index contributed by atoms with van der Waals surface area (Å²) in [7, 11) is 2.23. The normalized spacial score (nSPS) is 25.1. The van der Waals surface area contributed by atoms with Gasteiger partial charge in [0, 0.05) is 25.8 Å². The molecule has 0 aromatic carbocycles. The molecule has 1 rings (SSSR count). The molecule has 1 aliphatic rings. The Bertz CT molecular complexity index is 139. The van der Waals surface area contributed by atoms with Crippen molar-refractivity contribution < 1.29 is 4.74 Å². The summed E-state index contributed by atoms with van der Waals surface area (Å²) in [6.45, 7) is 7.71. The van der Waals surface area contributed by atoms with Crippen LogP contribution in [0, 0.1) is 5.92 Å². The molecule has 0 aromatic rings.